The summed E-state index contributed by atoms with van der Waals surface area (Å²) in [5.41, 5.74) is 2.62. The second kappa shape index (κ2) is 12.0. The second-order valence-electron chi connectivity index (χ2n) is 5.63. The summed E-state index contributed by atoms with van der Waals surface area (Å²) in [4.78, 5) is 61.2. The average Bonchev–Trinajstić information content (AvgIpc) is 3.03. The zero-order valence-electron chi connectivity index (χ0n) is 15.9. The third-order valence-corrected chi connectivity index (χ3v) is 3.58. The van der Waals surface area contributed by atoms with Crippen LogP contribution in [0.3, 0.4) is 0 Å². The monoisotopic (exact) mass is 411 g/mol. The number of hydrogen-bond acceptors (Lipinski definition) is 9. The quantitative estimate of drug-likeness (QED) is 0.291. The van der Waals surface area contributed by atoms with E-state index in [1.807, 2.05) is 0 Å². The topological polar surface area (TPSA) is 154 Å². The number of nitrogens with one attached hydrogen (secondary N) is 1. The molecule has 0 saturated carbocycles. The highest BCUT2D eigenvalue weighted by molar-refractivity contribution is 6.01. The third kappa shape index (κ3) is 7.54. The largest absolute Gasteiger partial charge is 0.447 e. The number of amides is 3. The normalized spacial score (nSPS) is 13.8. The van der Waals surface area contributed by atoms with Gasteiger partial charge >= 0.3 is 12.6 Å². The SMILES string of the molecule is CCONC(=O)OCC(C)c1ccccc1[N+](=O)[O-].O=CON1C(=O)CCC1=O. The molecule has 1 fully saturated rings. The van der Waals surface area contributed by atoms with Gasteiger partial charge in [0.25, 0.3) is 17.5 Å². The van der Waals surface area contributed by atoms with Crippen molar-refractivity contribution in [3.8, 4) is 0 Å². The van der Waals surface area contributed by atoms with Crippen LogP contribution in [0.4, 0.5) is 10.5 Å². The molecule has 1 N–H and O–H groups in total. The van der Waals surface area contributed by atoms with Crippen LogP contribution >= 0.6 is 0 Å². The zero-order chi connectivity index (χ0) is 21.8. The molecule has 1 aromatic rings. The number of benzene rings is 1. The minimum Gasteiger partial charge on any atom is -0.447 e. The molecule has 2 rings (SSSR count). The van der Waals surface area contributed by atoms with Crippen molar-refractivity contribution < 1.29 is 38.5 Å². The predicted molar refractivity (Wildman–Crippen MR) is 95.9 cm³/mol. The molecule has 0 aromatic heterocycles. The van der Waals surface area contributed by atoms with Crippen molar-refractivity contribution in [1.82, 2.24) is 10.5 Å². The second-order valence-corrected chi connectivity index (χ2v) is 5.63. The van der Waals surface area contributed by atoms with E-state index in [2.05, 4.69) is 15.2 Å². The van der Waals surface area contributed by atoms with E-state index in [1.54, 1.807) is 32.0 Å². The van der Waals surface area contributed by atoms with Crippen LogP contribution in [0.25, 0.3) is 0 Å². The van der Waals surface area contributed by atoms with Gasteiger partial charge in [-0.25, -0.2) is 4.79 Å². The summed E-state index contributed by atoms with van der Waals surface area (Å²) in [6.45, 7) is 3.88. The number of imide groups is 1. The van der Waals surface area contributed by atoms with Crippen LogP contribution < -0.4 is 5.48 Å². The number of carbonyl (C=O) groups excluding carboxylic acids is 4. The number of nitrogens with zero attached hydrogens (tertiary/aromatic N) is 2. The average molecular weight is 411 g/mol. The molecule has 0 radical (unpaired) electrons. The van der Waals surface area contributed by atoms with Gasteiger partial charge in [0.05, 0.1) is 11.5 Å². The smallest absolute Gasteiger partial charge is 0.431 e. The first-order valence-electron chi connectivity index (χ1n) is 8.55. The maximum Gasteiger partial charge on any atom is 0.431 e. The summed E-state index contributed by atoms with van der Waals surface area (Å²) in [6.07, 6.45) is -0.452. The Hall–Kier alpha value is -3.54. The van der Waals surface area contributed by atoms with E-state index in [-0.39, 0.29) is 37.5 Å². The van der Waals surface area contributed by atoms with Crippen molar-refractivity contribution in [2.75, 3.05) is 13.2 Å². The molecular weight excluding hydrogens is 390 g/mol. The Kier molecular flexibility index (Phi) is 9.74. The maximum atomic E-state index is 11.2. The van der Waals surface area contributed by atoms with Crippen molar-refractivity contribution in [2.45, 2.75) is 32.6 Å². The van der Waals surface area contributed by atoms with Crippen LogP contribution in [0.2, 0.25) is 0 Å². The van der Waals surface area contributed by atoms with Gasteiger partial charge in [-0.2, -0.15) is 5.48 Å². The Labute approximate surface area is 165 Å². The Balaban J connectivity index is 0.000000352. The lowest BCUT2D eigenvalue weighted by Gasteiger charge is -2.12. The number of hydroxylamine groups is 3. The van der Waals surface area contributed by atoms with Gasteiger partial charge in [-0.1, -0.05) is 25.1 Å². The number of ether oxygens (including phenoxy) is 1. The van der Waals surface area contributed by atoms with Gasteiger partial charge in [0.2, 0.25) is 0 Å². The number of nitro groups is 1. The van der Waals surface area contributed by atoms with E-state index < -0.39 is 22.8 Å². The first kappa shape index (κ1) is 23.5. The molecule has 1 saturated heterocycles. The summed E-state index contributed by atoms with van der Waals surface area (Å²) in [5.74, 6) is -1.21. The van der Waals surface area contributed by atoms with Crippen LogP contribution in [-0.2, 0) is 28.8 Å². The first-order chi connectivity index (χ1) is 13.8. The third-order valence-electron chi connectivity index (χ3n) is 3.58. The molecule has 158 valence electrons. The minimum atomic E-state index is -0.715. The fourth-order valence-electron chi connectivity index (χ4n) is 2.24. The highest BCUT2D eigenvalue weighted by Crippen LogP contribution is 2.26. The molecule has 0 spiro atoms. The van der Waals surface area contributed by atoms with Crippen LogP contribution in [0.5, 0.6) is 0 Å². The Morgan fingerprint density at radius 2 is 1.93 bits per heavy atom. The maximum absolute atomic E-state index is 11.2. The number of nitro benzene ring substituents is 1. The Morgan fingerprint density at radius 1 is 1.31 bits per heavy atom. The van der Waals surface area contributed by atoms with Gasteiger partial charge in [0.15, 0.2) is 0 Å². The molecule has 1 aliphatic heterocycles. The fraction of sp³-hybridized carbons (Fsp3) is 0.412. The molecule has 12 heteroatoms. The van der Waals surface area contributed by atoms with E-state index in [9.17, 15) is 29.3 Å². The van der Waals surface area contributed by atoms with E-state index in [4.69, 9.17) is 4.74 Å². The van der Waals surface area contributed by atoms with Gasteiger partial charge in [0.1, 0.15) is 6.61 Å². The van der Waals surface area contributed by atoms with Crippen molar-refractivity contribution in [1.29, 1.82) is 0 Å². The molecule has 1 atom stereocenters. The first-order valence-corrected chi connectivity index (χ1v) is 8.55. The summed E-state index contributed by atoms with van der Waals surface area (Å²) in [6, 6.07) is 6.37. The van der Waals surface area contributed by atoms with E-state index >= 15 is 0 Å². The number of rotatable bonds is 8. The molecule has 0 bridgehead atoms. The zero-order valence-corrected chi connectivity index (χ0v) is 15.9. The van der Waals surface area contributed by atoms with Crippen LogP contribution in [0, 0.1) is 10.1 Å². The lowest BCUT2D eigenvalue weighted by atomic mass is 10.0. The summed E-state index contributed by atoms with van der Waals surface area (Å²) < 4.78 is 4.90. The lowest BCUT2D eigenvalue weighted by Crippen LogP contribution is -2.28. The molecule has 29 heavy (non-hydrogen) atoms. The molecule has 1 heterocycles. The molecule has 1 unspecified atom stereocenters. The fourth-order valence-corrected chi connectivity index (χ4v) is 2.24. The standard InChI is InChI=1S/C12H16N2O5.C5H5NO4/c1-3-19-13-12(15)18-8-9(2)10-6-4-5-7-11(10)14(16)17;7-3-10-6-4(8)1-2-5(6)9/h4-7,9H,3,8H2,1-2H3,(H,13,15);3H,1-2H2. The molecule has 0 aliphatic carbocycles. The van der Waals surface area contributed by atoms with E-state index in [0.29, 0.717) is 17.2 Å². The predicted octanol–water partition coefficient (Wildman–Crippen LogP) is 1.60. The van der Waals surface area contributed by atoms with Crippen molar-refractivity contribution in [3.63, 3.8) is 0 Å². The number of para-hydroxylation sites is 1. The van der Waals surface area contributed by atoms with E-state index in [1.165, 1.54) is 6.07 Å². The lowest BCUT2D eigenvalue weighted by molar-refractivity contribution is -0.385. The van der Waals surface area contributed by atoms with Crippen LogP contribution in [0.1, 0.15) is 38.2 Å². The minimum absolute atomic E-state index is 0.0174. The van der Waals surface area contributed by atoms with Gasteiger partial charge in [-0.05, 0) is 6.92 Å². The molecule has 1 aliphatic rings. The summed E-state index contributed by atoms with van der Waals surface area (Å²) in [5, 5.41) is 11.4. The van der Waals surface area contributed by atoms with Crippen molar-refractivity contribution in [2.24, 2.45) is 0 Å². The summed E-state index contributed by atoms with van der Waals surface area (Å²) in [7, 11) is 0. The number of carbonyl (C=O) groups is 4. The van der Waals surface area contributed by atoms with Crippen LogP contribution in [-0.4, -0.2) is 47.6 Å². The van der Waals surface area contributed by atoms with Crippen LogP contribution in [0.15, 0.2) is 24.3 Å². The highest BCUT2D eigenvalue weighted by atomic mass is 16.7. The van der Waals surface area contributed by atoms with Gasteiger partial charge in [-0.3, -0.25) is 29.3 Å². The molecule has 1 aromatic carbocycles. The van der Waals surface area contributed by atoms with E-state index in [0.717, 1.165) is 0 Å². The Bertz CT molecular complexity index is 737. The molecule has 12 nitrogen and oxygen atoms in total. The van der Waals surface area contributed by atoms with Crippen molar-refractivity contribution >= 4 is 30.1 Å². The van der Waals surface area contributed by atoms with Crippen molar-refractivity contribution in [3.05, 3.63) is 39.9 Å². The highest BCUT2D eigenvalue weighted by Gasteiger charge is 2.30. The molecule has 3 amide bonds. The summed E-state index contributed by atoms with van der Waals surface area (Å²) >= 11 is 0. The molecular formula is C17H21N3O9. The van der Waals surface area contributed by atoms with Gasteiger partial charge in [0, 0.05) is 30.4 Å². The number of hydrogen-bond donors (Lipinski definition) is 1. The van der Waals surface area contributed by atoms with Gasteiger partial charge in [-0.15, -0.1) is 5.06 Å². The van der Waals surface area contributed by atoms with Gasteiger partial charge < -0.3 is 9.57 Å². The Morgan fingerprint density at radius 3 is 2.48 bits per heavy atom.